The van der Waals surface area contributed by atoms with E-state index in [9.17, 15) is 4.79 Å². The molecular formula is C15H11Cl2NO2. The first-order chi connectivity index (χ1) is 9.49. The lowest BCUT2D eigenvalue weighted by Gasteiger charge is -2.03. The number of hydrogen-bond donors (Lipinski definition) is 1. The number of aromatic carboxylic acids is 1. The van der Waals surface area contributed by atoms with Gasteiger partial charge in [0, 0.05) is 16.8 Å². The van der Waals surface area contributed by atoms with Gasteiger partial charge in [0.2, 0.25) is 0 Å². The van der Waals surface area contributed by atoms with E-state index in [1.54, 1.807) is 18.3 Å². The summed E-state index contributed by atoms with van der Waals surface area (Å²) in [5.74, 6) is -1.01. The average Bonchev–Trinajstić information content (AvgIpc) is 2.41. The van der Waals surface area contributed by atoms with Crippen LogP contribution in [0.15, 0.2) is 41.4 Å². The molecule has 3 nitrogen and oxygen atoms in total. The van der Waals surface area contributed by atoms with Crippen LogP contribution in [0.4, 0.5) is 5.69 Å². The third-order valence-electron chi connectivity index (χ3n) is 2.83. The van der Waals surface area contributed by atoms with Crippen LogP contribution >= 0.6 is 23.2 Å². The Balaban J connectivity index is 2.32. The largest absolute Gasteiger partial charge is 0.478 e. The average molecular weight is 308 g/mol. The van der Waals surface area contributed by atoms with E-state index in [1.165, 1.54) is 12.1 Å². The Morgan fingerprint density at radius 1 is 1.20 bits per heavy atom. The van der Waals surface area contributed by atoms with Gasteiger partial charge in [-0.2, -0.15) is 0 Å². The number of hydrogen-bond acceptors (Lipinski definition) is 2. The number of carboxylic acids is 1. The third-order valence-corrected chi connectivity index (χ3v) is 3.57. The second-order valence-corrected chi connectivity index (χ2v) is 5.00. The van der Waals surface area contributed by atoms with Crippen LogP contribution in [-0.2, 0) is 0 Å². The number of aliphatic imine (C=N–C) groups is 1. The minimum absolute atomic E-state index is 0.145. The Morgan fingerprint density at radius 2 is 1.95 bits per heavy atom. The fourth-order valence-corrected chi connectivity index (χ4v) is 2.04. The van der Waals surface area contributed by atoms with Crippen LogP contribution < -0.4 is 0 Å². The number of rotatable bonds is 3. The van der Waals surface area contributed by atoms with Crippen LogP contribution in [0.5, 0.6) is 0 Å². The maximum absolute atomic E-state index is 10.8. The van der Waals surface area contributed by atoms with E-state index in [0.717, 1.165) is 11.3 Å². The molecule has 2 rings (SSSR count). The standard InChI is InChI=1S/C15H11Cl2NO2/c1-9-12(16)3-2-4-14(9)18-8-11-6-5-10(15(19)20)7-13(11)17/h2-8H,1H3,(H,19,20). The van der Waals surface area contributed by atoms with Crippen molar-refractivity contribution in [3.63, 3.8) is 0 Å². The summed E-state index contributed by atoms with van der Waals surface area (Å²) in [6.07, 6.45) is 1.59. The highest BCUT2D eigenvalue weighted by atomic mass is 35.5. The summed E-state index contributed by atoms with van der Waals surface area (Å²) in [7, 11) is 0. The van der Waals surface area contributed by atoms with Crippen LogP contribution in [0, 0.1) is 6.92 Å². The second kappa shape index (κ2) is 6.07. The molecule has 0 aliphatic rings. The Kier molecular flexibility index (Phi) is 4.42. The van der Waals surface area contributed by atoms with Crippen LogP contribution in [0.25, 0.3) is 0 Å². The van der Waals surface area contributed by atoms with E-state index < -0.39 is 5.97 Å². The van der Waals surface area contributed by atoms with E-state index in [2.05, 4.69) is 4.99 Å². The van der Waals surface area contributed by atoms with Gasteiger partial charge in [-0.3, -0.25) is 4.99 Å². The second-order valence-electron chi connectivity index (χ2n) is 4.18. The Hall–Kier alpha value is -1.84. The molecule has 2 aromatic carbocycles. The highest BCUT2D eigenvalue weighted by Crippen LogP contribution is 2.26. The molecule has 2 aromatic rings. The first-order valence-electron chi connectivity index (χ1n) is 5.81. The summed E-state index contributed by atoms with van der Waals surface area (Å²) in [5, 5.41) is 9.85. The molecule has 0 saturated carbocycles. The molecule has 0 radical (unpaired) electrons. The minimum atomic E-state index is -1.01. The molecule has 5 heteroatoms. The SMILES string of the molecule is Cc1c(Cl)cccc1N=Cc1ccc(C(=O)O)cc1Cl. The van der Waals surface area contributed by atoms with Gasteiger partial charge in [0.15, 0.2) is 0 Å². The highest BCUT2D eigenvalue weighted by Gasteiger charge is 2.06. The first kappa shape index (κ1) is 14.6. The molecule has 0 fully saturated rings. The molecule has 0 aliphatic carbocycles. The zero-order valence-electron chi connectivity index (χ0n) is 10.6. The zero-order valence-corrected chi connectivity index (χ0v) is 12.1. The topological polar surface area (TPSA) is 49.7 Å². The van der Waals surface area contributed by atoms with Gasteiger partial charge in [-0.25, -0.2) is 4.79 Å². The van der Waals surface area contributed by atoms with Gasteiger partial charge >= 0.3 is 5.97 Å². The van der Waals surface area contributed by atoms with Crippen molar-refractivity contribution < 1.29 is 9.90 Å². The molecule has 0 amide bonds. The molecule has 0 heterocycles. The third kappa shape index (κ3) is 3.18. The lowest BCUT2D eigenvalue weighted by atomic mass is 10.1. The van der Waals surface area contributed by atoms with E-state index in [0.29, 0.717) is 15.6 Å². The maximum Gasteiger partial charge on any atom is 0.335 e. The van der Waals surface area contributed by atoms with Gasteiger partial charge in [-0.15, -0.1) is 0 Å². The van der Waals surface area contributed by atoms with Crippen LogP contribution in [-0.4, -0.2) is 17.3 Å². The molecule has 0 unspecified atom stereocenters. The number of benzene rings is 2. The number of nitrogens with zero attached hydrogens (tertiary/aromatic N) is 1. The molecule has 0 saturated heterocycles. The molecule has 1 N–H and O–H groups in total. The summed E-state index contributed by atoms with van der Waals surface area (Å²) in [6.45, 7) is 1.88. The van der Waals surface area contributed by atoms with Crippen LogP contribution in [0.1, 0.15) is 21.5 Å². The summed E-state index contributed by atoms with van der Waals surface area (Å²) in [6, 6.07) is 9.96. The van der Waals surface area contributed by atoms with Crippen LogP contribution in [0.2, 0.25) is 10.0 Å². The Bertz CT molecular complexity index is 696. The quantitative estimate of drug-likeness (QED) is 0.832. The highest BCUT2D eigenvalue weighted by molar-refractivity contribution is 6.33. The minimum Gasteiger partial charge on any atom is -0.478 e. The Morgan fingerprint density at radius 3 is 2.60 bits per heavy atom. The molecule has 0 aliphatic heterocycles. The summed E-state index contributed by atoms with van der Waals surface area (Å²) in [5.41, 5.74) is 2.42. The monoisotopic (exact) mass is 307 g/mol. The number of halogens is 2. The first-order valence-corrected chi connectivity index (χ1v) is 6.56. The molecule has 0 aromatic heterocycles. The molecule has 102 valence electrons. The van der Waals surface area contributed by atoms with Crippen molar-refractivity contribution in [2.24, 2.45) is 4.99 Å². The van der Waals surface area contributed by atoms with Gasteiger partial charge in [0.05, 0.1) is 16.3 Å². The van der Waals surface area contributed by atoms with Gasteiger partial charge in [-0.05, 0) is 36.8 Å². The maximum atomic E-state index is 10.8. The zero-order chi connectivity index (χ0) is 14.7. The Labute approximate surface area is 126 Å². The fraction of sp³-hybridized carbons (Fsp3) is 0.0667. The predicted octanol–water partition coefficient (Wildman–Crippen LogP) is 4.75. The van der Waals surface area contributed by atoms with Crippen molar-refractivity contribution in [3.05, 3.63) is 63.1 Å². The van der Waals surface area contributed by atoms with Crippen LogP contribution in [0.3, 0.4) is 0 Å². The number of carboxylic acid groups (broad SMARTS) is 1. The van der Waals surface area contributed by atoms with Crippen molar-refractivity contribution in [2.45, 2.75) is 6.92 Å². The van der Waals surface area contributed by atoms with Crippen molar-refractivity contribution in [2.75, 3.05) is 0 Å². The normalized spacial score (nSPS) is 10.9. The van der Waals surface area contributed by atoms with Crippen molar-refractivity contribution in [1.82, 2.24) is 0 Å². The molecule has 0 bridgehead atoms. The summed E-state index contributed by atoms with van der Waals surface area (Å²) < 4.78 is 0. The van der Waals surface area contributed by atoms with Crippen molar-refractivity contribution >= 4 is 41.1 Å². The lowest BCUT2D eigenvalue weighted by molar-refractivity contribution is 0.0697. The predicted molar refractivity (Wildman–Crippen MR) is 81.9 cm³/mol. The smallest absolute Gasteiger partial charge is 0.335 e. The van der Waals surface area contributed by atoms with Gasteiger partial charge < -0.3 is 5.11 Å². The van der Waals surface area contributed by atoms with E-state index in [1.807, 2.05) is 19.1 Å². The molecule has 20 heavy (non-hydrogen) atoms. The van der Waals surface area contributed by atoms with E-state index in [-0.39, 0.29) is 5.56 Å². The lowest BCUT2D eigenvalue weighted by Crippen LogP contribution is -1.96. The molecular weight excluding hydrogens is 297 g/mol. The van der Waals surface area contributed by atoms with E-state index in [4.69, 9.17) is 28.3 Å². The number of carbonyl (C=O) groups is 1. The van der Waals surface area contributed by atoms with Crippen molar-refractivity contribution in [1.29, 1.82) is 0 Å². The molecule has 0 spiro atoms. The summed E-state index contributed by atoms with van der Waals surface area (Å²) in [4.78, 5) is 15.1. The van der Waals surface area contributed by atoms with Gasteiger partial charge in [-0.1, -0.05) is 35.3 Å². The van der Waals surface area contributed by atoms with Crippen molar-refractivity contribution in [3.8, 4) is 0 Å². The van der Waals surface area contributed by atoms with Gasteiger partial charge in [0.1, 0.15) is 0 Å². The fourth-order valence-electron chi connectivity index (χ4n) is 1.64. The molecule has 0 atom stereocenters. The van der Waals surface area contributed by atoms with Gasteiger partial charge in [0.25, 0.3) is 0 Å². The summed E-state index contributed by atoms with van der Waals surface area (Å²) >= 11 is 12.0. The van der Waals surface area contributed by atoms with E-state index >= 15 is 0 Å².